The van der Waals surface area contributed by atoms with Gasteiger partial charge in [-0.15, -0.1) is 0 Å². The van der Waals surface area contributed by atoms with Gasteiger partial charge in [0.15, 0.2) is 0 Å². The molecule has 4 heterocycles. The Kier molecular flexibility index (Phi) is 6.78. The molecule has 10 rings (SSSR count). The molecule has 4 heteroatoms. The Hall–Kier alpha value is -6.91. The summed E-state index contributed by atoms with van der Waals surface area (Å²) in [6.07, 6.45) is 5.62. The third-order valence-electron chi connectivity index (χ3n) is 9.95. The largest absolute Gasteiger partial charge is 0.294 e. The molecule has 0 saturated heterocycles. The highest BCUT2D eigenvalue weighted by Crippen LogP contribution is 2.44. The first kappa shape index (κ1) is 29.0. The quantitative estimate of drug-likeness (QED) is 0.174. The predicted octanol–water partition coefficient (Wildman–Crippen LogP) is 11.9. The monoisotopic (exact) mass is 650 g/mol. The van der Waals surface area contributed by atoms with Gasteiger partial charge in [-0.2, -0.15) is 0 Å². The molecule has 0 bridgehead atoms. The minimum Gasteiger partial charge on any atom is -0.294 e. The van der Waals surface area contributed by atoms with Gasteiger partial charge in [-0.05, 0) is 86.3 Å². The second-order valence-corrected chi connectivity index (χ2v) is 12.8. The van der Waals surface area contributed by atoms with Crippen LogP contribution in [0.5, 0.6) is 0 Å². The van der Waals surface area contributed by atoms with Crippen molar-refractivity contribution in [3.63, 3.8) is 0 Å². The molecule has 0 N–H and O–H groups in total. The first-order chi connectivity index (χ1) is 25.3. The molecule has 0 atom stereocenters. The van der Waals surface area contributed by atoms with Crippen molar-refractivity contribution in [1.82, 2.24) is 19.5 Å². The second kappa shape index (κ2) is 11.9. The van der Waals surface area contributed by atoms with Gasteiger partial charge in [0.1, 0.15) is 5.82 Å². The Labute approximate surface area is 295 Å². The van der Waals surface area contributed by atoms with Crippen LogP contribution in [0, 0.1) is 0 Å². The Morgan fingerprint density at radius 1 is 0.373 bits per heavy atom. The number of aromatic nitrogens is 4. The van der Waals surface area contributed by atoms with Gasteiger partial charge in [-0.25, -0.2) is 4.98 Å². The van der Waals surface area contributed by atoms with Gasteiger partial charge in [0.2, 0.25) is 0 Å². The molecule has 0 aliphatic heterocycles. The van der Waals surface area contributed by atoms with Crippen molar-refractivity contribution in [3.8, 4) is 50.6 Å². The zero-order valence-corrected chi connectivity index (χ0v) is 27.6. The van der Waals surface area contributed by atoms with E-state index in [4.69, 9.17) is 4.98 Å². The predicted molar refractivity (Wildman–Crippen MR) is 211 cm³/mol. The number of hydrogen-bond donors (Lipinski definition) is 0. The summed E-state index contributed by atoms with van der Waals surface area (Å²) in [4.78, 5) is 14.3. The molecule has 0 unspecified atom stereocenters. The molecule has 0 amide bonds. The first-order valence-electron chi connectivity index (χ1n) is 17.2. The zero-order valence-electron chi connectivity index (χ0n) is 27.6. The van der Waals surface area contributed by atoms with Gasteiger partial charge in [-0.3, -0.25) is 14.5 Å². The maximum Gasteiger partial charge on any atom is 0.138 e. The lowest BCUT2D eigenvalue weighted by atomic mass is 9.86. The number of pyridine rings is 3. The van der Waals surface area contributed by atoms with Crippen molar-refractivity contribution in [2.24, 2.45) is 0 Å². The number of nitrogens with zero attached hydrogens (tertiary/aromatic N) is 4. The van der Waals surface area contributed by atoms with E-state index in [0.717, 1.165) is 50.1 Å². The number of hydrogen-bond acceptors (Lipinski definition) is 3. The van der Waals surface area contributed by atoms with Crippen molar-refractivity contribution >= 4 is 43.4 Å². The van der Waals surface area contributed by atoms with Crippen molar-refractivity contribution in [2.75, 3.05) is 0 Å². The molecule has 4 aromatic heterocycles. The van der Waals surface area contributed by atoms with E-state index < -0.39 is 0 Å². The highest BCUT2D eigenvalue weighted by molar-refractivity contribution is 6.21. The lowest BCUT2D eigenvalue weighted by Crippen LogP contribution is -1.98. The topological polar surface area (TPSA) is 43.6 Å². The highest BCUT2D eigenvalue weighted by atomic mass is 15.1. The average Bonchev–Trinajstić information content (AvgIpc) is 3.54. The number of benzene rings is 6. The van der Waals surface area contributed by atoms with E-state index in [1.165, 1.54) is 43.8 Å². The third-order valence-corrected chi connectivity index (χ3v) is 9.95. The van der Waals surface area contributed by atoms with Crippen LogP contribution in [0.3, 0.4) is 0 Å². The normalized spacial score (nSPS) is 11.5. The first-order valence-corrected chi connectivity index (χ1v) is 17.2. The molecule has 4 nitrogen and oxygen atoms in total. The van der Waals surface area contributed by atoms with Crippen molar-refractivity contribution in [1.29, 1.82) is 0 Å². The van der Waals surface area contributed by atoms with Crippen LogP contribution in [0.15, 0.2) is 182 Å². The van der Waals surface area contributed by atoms with E-state index in [1.54, 1.807) is 0 Å². The summed E-state index contributed by atoms with van der Waals surface area (Å²) in [7, 11) is 0. The minimum absolute atomic E-state index is 0.863. The van der Waals surface area contributed by atoms with Crippen LogP contribution in [0.1, 0.15) is 0 Å². The van der Waals surface area contributed by atoms with E-state index in [2.05, 4.69) is 160 Å². The summed E-state index contributed by atoms with van der Waals surface area (Å²) < 4.78 is 2.24. The zero-order chi connectivity index (χ0) is 33.7. The fourth-order valence-electron chi connectivity index (χ4n) is 7.68. The van der Waals surface area contributed by atoms with E-state index in [9.17, 15) is 0 Å². The Morgan fingerprint density at radius 3 is 1.65 bits per heavy atom. The average molecular weight is 651 g/mol. The fourth-order valence-corrected chi connectivity index (χ4v) is 7.68. The standard InChI is InChI=1S/C47H30N4/c1-2-11-32(12-3-1)46-35-13-4-6-15-37(35)47(38-16-7-5-14-36(38)46)33-22-20-31(21-23-33)42-18-10-19-45(50-42)51-43-25-24-34(41-17-8-9-27-49-41)29-39(43)40-30-48-28-26-44(40)51/h1-30H. The molecule has 10 aromatic rings. The van der Waals surface area contributed by atoms with Gasteiger partial charge < -0.3 is 0 Å². The third kappa shape index (κ3) is 4.80. The van der Waals surface area contributed by atoms with Crippen molar-refractivity contribution < 1.29 is 0 Å². The number of rotatable bonds is 5. The molecular formula is C47H30N4. The van der Waals surface area contributed by atoms with Crippen LogP contribution in [-0.2, 0) is 0 Å². The summed E-state index contributed by atoms with van der Waals surface area (Å²) in [5, 5.41) is 7.20. The van der Waals surface area contributed by atoms with Gasteiger partial charge >= 0.3 is 0 Å². The SMILES string of the molecule is c1ccc(-c2c3ccccc3c(-c3ccc(-c4cccc(-n5c6ccncc6c6cc(-c7ccccn7)ccc65)n4)cc3)c3ccccc23)cc1. The van der Waals surface area contributed by atoms with Crippen LogP contribution >= 0.6 is 0 Å². The summed E-state index contributed by atoms with van der Waals surface area (Å²) >= 11 is 0. The van der Waals surface area contributed by atoms with Gasteiger partial charge in [0.05, 0.1) is 22.4 Å². The summed E-state index contributed by atoms with van der Waals surface area (Å²) in [6, 6.07) is 58.0. The summed E-state index contributed by atoms with van der Waals surface area (Å²) in [6.45, 7) is 0. The summed E-state index contributed by atoms with van der Waals surface area (Å²) in [5.41, 5.74) is 11.1. The Morgan fingerprint density at radius 2 is 0.961 bits per heavy atom. The molecule has 0 fully saturated rings. The lowest BCUT2D eigenvalue weighted by molar-refractivity contribution is 1.08. The van der Waals surface area contributed by atoms with Crippen LogP contribution in [0.4, 0.5) is 0 Å². The molecule has 0 aliphatic carbocycles. The van der Waals surface area contributed by atoms with Crippen LogP contribution in [-0.4, -0.2) is 19.5 Å². The van der Waals surface area contributed by atoms with Crippen molar-refractivity contribution in [3.05, 3.63) is 182 Å². The second-order valence-electron chi connectivity index (χ2n) is 12.8. The van der Waals surface area contributed by atoms with Gasteiger partial charge in [0.25, 0.3) is 0 Å². The fraction of sp³-hybridized carbons (Fsp3) is 0. The molecule has 0 spiro atoms. The molecule has 0 radical (unpaired) electrons. The van der Waals surface area contributed by atoms with E-state index in [0.29, 0.717) is 0 Å². The Balaban J connectivity index is 1.09. The molecular weight excluding hydrogens is 621 g/mol. The lowest BCUT2D eigenvalue weighted by Gasteiger charge is -2.18. The molecule has 0 aliphatic rings. The van der Waals surface area contributed by atoms with E-state index in [-0.39, 0.29) is 0 Å². The highest BCUT2D eigenvalue weighted by Gasteiger charge is 2.18. The van der Waals surface area contributed by atoms with Gasteiger partial charge in [0, 0.05) is 40.5 Å². The molecule has 0 saturated carbocycles. The van der Waals surface area contributed by atoms with Gasteiger partial charge in [-0.1, -0.05) is 121 Å². The van der Waals surface area contributed by atoms with E-state index in [1.807, 2.05) is 36.8 Å². The van der Waals surface area contributed by atoms with Crippen LogP contribution in [0.2, 0.25) is 0 Å². The molecule has 6 aromatic carbocycles. The molecule has 238 valence electrons. The maximum absolute atomic E-state index is 5.24. The maximum atomic E-state index is 5.24. The number of fused-ring (bicyclic) bond motifs is 5. The van der Waals surface area contributed by atoms with E-state index >= 15 is 0 Å². The minimum atomic E-state index is 0.863. The van der Waals surface area contributed by atoms with Crippen LogP contribution < -0.4 is 0 Å². The van der Waals surface area contributed by atoms with Crippen molar-refractivity contribution in [2.45, 2.75) is 0 Å². The Bertz CT molecular complexity index is 2840. The molecule has 51 heavy (non-hydrogen) atoms. The summed E-state index contributed by atoms with van der Waals surface area (Å²) in [5.74, 6) is 0.863. The van der Waals surface area contributed by atoms with Crippen LogP contribution in [0.25, 0.3) is 93.9 Å². The smallest absolute Gasteiger partial charge is 0.138 e.